The number of phenols is 1. The van der Waals surface area contributed by atoms with Crippen LogP contribution in [0.15, 0.2) is 12.3 Å². The minimum absolute atomic E-state index is 0.0898. The number of phenolic OH excluding ortho intramolecular Hbond substituents is 1. The number of alkyl halides is 3. The summed E-state index contributed by atoms with van der Waals surface area (Å²) in [6, 6.07) is -0.216. The van der Waals surface area contributed by atoms with Gasteiger partial charge >= 0.3 is 6.18 Å². The van der Waals surface area contributed by atoms with E-state index in [4.69, 9.17) is 0 Å². The van der Waals surface area contributed by atoms with E-state index in [0.29, 0.717) is 25.9 Å². The van der Waals surface area contributed by atoms with Crippen molar-refractivity contribution in [1.82, 2.24) is 24.1 Å². The van der Waals surface area contributed by atoms with Crippen molar-refractivity contribution in [3.63, 3.8) is 0 Å². The molecule has 2 aliphatic heterocycles. The Kier molecular flexibility index (Phi) is 5.22. The molecule has 2 atom stereocenters. The van der Waals surface area contributed by atoms with Gasteiger partial charge in [-0.1, -0.05) is 0 Å². The number of halogens is 5. The Bertz CT molecular complexity index is 1440. The lowest BCUT2D eigenvalue weighted by atomic mass is 10.0. The molecule has 188 valence electrons. The van der Waals surface area contributed by atoms with Gasteiger partial charge in [0.2, 0.25) is 16.0 Å². The highest BCUT2D eigenvalue weighted by Gasteiger charge is 2.45. The molecule has 0 radical (unpaired) electrons. The second kappa shape index (κ2) is 7.71. The predicted octanol–water partition coefficient (Wildman–Crippen LogP) is 2.65. The van der Waals surface area contributed by atoms with Gasteiger partial charge in [0.25, 0.3) is 0 Å². The largest absolute Gasteiger partial charge is 0.503 e. The van der Waals surface area contributed by atoms with Gasteiger partial charge in [0.1, 0.15) is 5.69 Å². The van der Waals surface area contributed by atoms with Gasteiger partial charge in [-0.15, -0.1) is 0 Å². The van der Waals surface area contributed by atoms with E-state index >= 15 is 0 Å². The van der Waals surface area contributed by atoms with Crippen LogP contribution in [-0.4, -0.2) is 69.0 Å². The zero-order valence-corrected chi connectivity index (χ0v) is 19.2. The summed E-state index contributed by atoms with van der Waals surface area (Å²) in [4.78, 5) is 10.5. The van der Waals surface area contributed by atoms with Gasteiger partial charge in [0.05, 0.1) is 17.2 Å². The third kappa shape index (κ3) is 3.76. The predicted molar refractivity (Wildman–Crippen MR) is 114 cm³/mol. The molecule has 4 heterocycles. The highest BCUT2D eigenvalue weighted by Crippen LogP contribution is 2.41. The Labute approximate surface area is 195 Å². The molecule has 3 aromatic rings. The van der Waals surface area contributed by atoms with Crippen LogP contribution in [0.5, 0.6) is 5.75 Å². The number of nitrogens with zero attached hydrogens (tertiary/aromatic N) is 6. The summed E-state index contributed by atoms with van der Waals surface area (Å²) in [6.45, 7) is 0.713. The minimum Gasteiger partial charge on any atom is -0.503 e. The first kappa shape index (κ1) is 23.7. The zero-order chi connectivity index (χ0) is 25.4. The van der Waals surface area contributed by atoms with E-state index in [9.17, 15) is 35.5 Å². The van der Waals surface area contributed by atoms with Crippen molar-refractivity contribution in [2.24, 2.45) is 7.05 Å². The van der Waals surface area contributed by atoms with Crippen LogP contribution in [0.4, 0.5) is 27.9 Å². The van der Waals surface area contributed by atoms with E-state index in [0.717, 1.165) is 0 Å². The number of hydrogen-bond acceptors (Lipinski definition) is 7. The highest BCUT2D eigenvalue weighted by atomic mass is 32.2. The van der Waals surface area contributed by atoms with Crippen molar-refractivity contribution in [2.45, 2.75) is 31.1 Å². The van der Waals surface area contributed by atoms with E-state index in [1.54, 1.807) is 0 Å². The molecule has 2 bridgehead atoms. The molecule has 2 aliphatic rings. The quantitative estimate of drug-likeness (QED) is 0.532. The maximum atomic E-state index is 14.6. The van der Waals surface area contributed by atoms with Gasteiger partial charge in [-0.25, -0.2) is 26.9 Å². The van der Waals surface area contributed by atoms with Crippen molar-refractivity contribution in [2.75, 3.05) is 24.2 Å². The molecule has 0 spiro atoms. The normalized spacial score (nSPS) is 21.3. The molecule has 9 nitrogen and oxygen atoms in total. The standard InChI is InChI=1S/C20H19F5N6O3S/c1-29-18-12(16(28-29)11-5-13(20(23,24)25)15(22)17(32)14(11)21)6-26-19(27-18)30-7-9-3-4-10(8-30)31(9)35(2,33)34/h5-6,9-10,32H,3-4,7-8H2,1-2H3. The average molecular weight is 518 g/mol. The number of anilines is 1. The molecule has 0 aliphatic carbocycles. The van der Waals surface area contributed by atoms with Crippen LogP contribution in [0.25, 0.3) is 22.3 Å². The van der Waals surface area contributed by atoms with E-state index in [2.05, 4.69) is 15.1 Å². The average Bonchev–Trinajstić information content (AvgIpc) is 3.24. The van der Waals surface area contributed by atoms with E-state index in [1.165, 1.54) is 28.5 Å². The maximum absolute atomic E-state index is 14.6. The van der Waals surface area contributed by atoms with Crippen LogP contribution in [0.2, 0.25) is 0 Å². The molecule has 1 aromatic carbocycles. The Balaban J connectivity index is 1.56. The molecule has 0 saturated carbocycles. The van der Waals surface area contributed by atoms with Crippen LogP contribution in [-0.2, 0) is 23.2 Å². The lowest BCUT2D eigenvalue weighted by molar-refractivity contribution is -0.140. The Hall–Kier alpha value is -3.07. The van der Waals surface area contributed by atoms with Crippen LogP contribution >= 0.6 is 0 Å². The van der Waals surface area contributed by atoms with E-state index in [1.807, 2.05) is 4.90 Å². The summed E-state index contributed by atoms with van der Waals surface area (Å²) < 4.78 is 95.2. The van der Waals surface area contributed by atoms with Crippen LogP contribution in [0, 0.1) is 11.6 Å². The van der Waals surface area contributed by atoms with Crippen LogP contribution in [0.1, 0.15) is 18.4 Å². The van der Waals surface area contributed by atoms with Crippen molar-refractivity contribution < 1.29 is 35.5 Å². The monoisotopic (exact) mass is 518 g/mol. The zero-order valence-electron chi connectivity index (χ0n) is 18.4. The Morgan fingerprint density at radius 1 is 1.11 bits per heavy atom. The number of rotatable bonds is 3. The Morgan fingerprint density at radius 3 is 2.31 bits per heavy atom. The van der Waals surface area contributed by atoms with Crippen LogP contribution < -0.4 is 4.90 Å². The van der Waals surface area contributed by atoms with Crippen molar-refractivity contribution >= 4 is 27.0 Å². The van der Waals surface area contributed by atoms with Crippen LogP contribution in [0.3, 0.4) is 0 Å². The Morgan fingerprint density at radius 2 is 1.74 bits per heavy atom. The summed E-state index contributed by atoms with van der Waals surface area (Å²) in [6.07, 6.45) is -1.35. The summed E-state index contributed by atoms with van der Waals surface area (Å²) in [7, 11) is -1.93. The first-order valence-electron chi connectivity index (χ1n) is 10.5. The smallest absolute Gasteiger partial charge is 0.419 e. The molecular weight excluding hydrogens is 499 g/mol. The van der Waals surface area contributed by atoms with Gasteiger partial charge in [0, 0.05) is 44.0 Å². The van der Waals surface area contributed by atoms with Gasteiger partial charge in [-0.3, -0.25) is 0 Å². The second-order valence-electron chi connectivity index (χ2n) is 8.71. The third-order valence-electron chi connectivity index (χ3n) is 6.39. The number of aryl methyl sites for hydroxylation is 1. The van der Waals surface area contributed by atoms with Gasteiger partial charge in [-0.2, -0.15) is 27.6 Å². The van der Waals surface area contributed by atoms with E-state index < -0.39 is 44.7 Å². The molecule has 2 aromatic heterocycles. The fraction of sp³-hybridized carbons (Fsp3) is 0.450. The lowest BCUT2D eigenvalue weighted by Gasteiger charge is -2.39. The van der Waals surface area contributed by atoms with Gasteiger partial charge in [-0.05, 0) is 18.9 Å². The molecule has 1 N–H and O–H groups in total. The molecule has 2 saturated heterocycles. The topological polar surface area (TPSA) is 104 Å². The molecule has 15 heteroatoms. The molecule has 5 rings (SSSR count). The first-order chi connectivity index (χ1) is 16.3. The molecule has 2 unspecified atom stereocenters. The summed E-state index contributed by atoms with van der Waals surface area (Å²) in [5, 5.41) is 13.8. The fourth-order valence-corrected chi connectivity index (χ4v) is 6.38. The highest BCUT2D eigenvalue weighted by molar-refractivity contribution is 7.88. The van der Waals surface area contributed by atoms with Crippen molar-refractivity contribution in [3.8, 4) is 17.0 Å². The number of aromatic hydroxyl groups is 1. The number of benzene rings is 1. The maximum Gasteiger partial charge on any atom is 0.419 e. The summed E-state index contributed by atoms with van der Waals surface area (Å²) >= 11 is 0. The van der Waals surface area contributed by atoms with Gasteiger partial charge in [0.15, 0.2) is 23.0 Å². The number of fused-ring (bicyclic) bond motifs is 3. The van der Waals surface area contributed by atoms with Crippen molar-refractivity contribution in [3.05, 3.63) is 29.5 Å². The third-order valence-corrected chi connectivity index (χ3v) is 7.75. The molecule has 2 fully saturated rings. The summed E-state index contributed by atoms with van der Waals surface area (Å²) in [5.74, 6) is -5.20. The van der Waals surface area contributed by atoms with E-state index in [-0.39, 0.29) is 40.8 Å². The SMILES string of the molecule is Cn1nc(-c2cc(C(F)(F)F)c(F)c(O)c2F)c2cnc(N3CC4CCC(C3)N4S(C)(=O)=O)nc21. The number of hydrogen-bond donors (Lipinski definition) is 1. The number of piperazine rings is 1. The first-order valence-corrected chi connectivity index (χ1v) is 12.3. The number of aromatic nitrogens is 4. The number of sulfonamides is 1. The minimum atomic E-state index is -5.17. The van der Waals surface area contributed by atoms with Gasteiger partial charge < -0.3 is 10.0 Å². The molecular formula is C20H19F5N6O3S. The summed E-state index contributed by atoms with van der Waals surface area (Å²) in [5.41, 5.74) is -2.71. The molecule has 35 heavy (non-hydrogen) atoms. The van der Waals surface area contributed by atoms with Crippen molar-refractivity contribution in [1.29, 1.82) is 0 Å². The molecule has 0 amide bonds. The second-order valence-corrected chi connectivity index (χ2v) is 10.6. The fourth-order valence-electron chi connectivity index (χ4n) is 4.95. The lowest BCUT2D eigenvalue weighted by Crippen LogP contribution is -2.55.